The zero-order valence-electron chi connectivity index (χ0n) is 17.6. The predicted molar refractivity (Wildman–Crippen MR) is 121 cm³/mol. The Morgan fingerprint density at radius 2 is 2.24 bits per heavy atom. The fourth-order valence-corrected chi connectivity index (χ4v) is 5.16. The highest BCUT2D eigenvalue weighted by molar-refractivity contribution is 8.00. The number of guanidine groups is 1. The Hall–Kier alpha value is -1.96. The zero-order valence-corrected chi connectivity index (χ0v) is 18.5. The van der Waals surface area contributed by atoms with Gasteiger partial charge in [-0.15, -0.1) is 0 Å². The molecule has 0 spiro atoms. The van der Waals surface area contributed by atoms with Gasteiger partial charge >= 0.3 is 0 Å². The number of primary amides is 1. The summed E-state index contributed by atoms with van der Waals surface area (Å²) in [5, 5.41) is 4.13. The topological polar surface area (TPSA) is 86.9 Å². The fourth-order valence-electron chi connectivity index (χ4n) is 3.98. The molecular formula is C21H34N6OS. The summed E-state index contributed by atoms with van der Waals surface area (Å²) in [4.78, 5) is 25.8. The molecule has 2 atom stereocenters. The summed E-state index contributed by atoms with van der Waals surface area (Å²) in [5.74, 6) is 2.74. The third-order valence-corrected chi connectivity index (χ3v) is 6.99. The molecule has 0 aliphatic carbocycles. The molecule has 29 heavy (non-hydrogen) atoms. The Kier molecular flexibility index (Phi) is 8.03. The van der Waals surface area contributed by atoms with Gasteiger partial charge in [0.05, 0.1) is 12.5 Å². The van der Waals surface area contributed by atoms with Crippen LogP contribution in [0.15, 0.2) is 23.3 Å². The minimum atomic E-state index is -0.215. The Bertz CT molecular complexity index is 712. The van der Waals surface area contributed by atoms with Crippen LogP contribution in [-0.4, -0.2) is 65.5 Å². The number of anilines is 1. The van der Waals surface area contributed by atoms with Gasteiger partial charge in [0.25, 0.3) is 0 Å². The van der Waals surface area contributed by atoms with Crippen molar-refractivity contribution in [1.29, 1.82) is 0 Å². The van der Waals surface area contributed by atoms with Crippen molar-refractivity contribution in [3.05, 3.63) is 23.9 Å². The van der Waals surface area contributed by atoms with E-state index >= 15 is 0 Å². The largest absolute Gasteiger partial charge is 0.369 e. The maximum atomic E-state index is 11.7. The van der Waals surface area contributed by atoms with Gasteiger partial charge in [-0.1, -0.05) is 13.0 Å². The molecule has 0 radical (unpaired) electrons. The molecule has 0 saturated carbocycles. The molecule has 3 heterocycles. The first-order valence-corrected chi connectivity index (χ1v) is 11.8. The van der Waals surface area contributed by atoms with Crippen molar-refractivity contribution in [3.8, 4) is 0 Å². The maximum Gasteiger partial charge on any atom is 0.222 e. The average Bonchev–Trinajstić information content (AvgIpc) is 2.77. The Labute approximate surface area is 178 Å². The highest BCUT2D eigenvalue weighted by Gasteiger charge is 2.26. The van der Waals surface area contributed by atoms with Gasteiger partial charge in [-0.05, 0) is 32.3 Å². The van der Waals surface area contributed by atoms with Crippen LogP contribution in [0.5, 0.6) is 0 Å². The zero-order chi connectivity index (χ0) is 20.6. The molecule has 2 unspecified atom stereocenters. The van der Waals surface area contributed by atoms with E-state index in [1.807, 2.05) is 12.3 Å². The number of hydrogen-bond acceptors (Lipinski definition) is 5. The first-order valence-electron chi connectivity index (χ1n) is 10.7. The summed E-state index contributed by atoms with van der Waals surface area (Å²) in [6.07, 6.45) is 4.82. The lowest BCUT2D eigenvalue weighted by atomic mass is 9.97. The summed E-state index contributed by atoms with van der Waals surface area (Å²) in [5.41, 5.74) is 6.65. The number of piperidine rings is 1. The van der Waals surface area contributed by atoms with Crippen molar-refractivity contribution < 1.29 is 4.79 Å². The van der Waals surface area contributed by atoms with E-state index < -0.39 is 0 Å². The second-order valence-corrected chi connectivity index (χ2v) is 9.10. The summed E-state index contributed by atoms with van der Waals surface area (Å²) >= 11 is 2.06. The monoisotopic (exact) mass is 418 g/mol. The van der Waals surface area contributed by atoms with Crippen molar-refractivity contribution in [1.82, 2.24) is 15.2 Å². The highest BCUT2D eigenvalue weighted by atomic mass is 32.2. The summed E-state index contributed by atoms with van der Waals surface area (Å²) in [6, 6.07) is 4.05. The Balaban J connectivity index is 1.75. The van der Waals surface area contributed by atoms with Crippen LogP contribution in [0.2, 0.25) is 0 Å². The third-order valence-electron chi connectivity index (χ3n) is 5.62. The second-order valence-electron chi connectivity index (χ2n) is 7.69. The van der Waals surface area contributed by atoms with Crippen molar-refractivity contribution in [2.75, 3.05) is 43.4 Å². The fraction of sp³-hybridized carbons (Fsp3) is 0.667. The van der Waals surface area contributed by atoms with Gasteiger partial charge < -0.3 is 20.9 Å². The molecule has 7 nitrogen and oxygen atoms in total. The van der Waals surface area contributed by atoms with E-state index in [0.717, 1.165) is 62.1 Å². The van der Waals surface area contributed by atoms with E-state index in [-0.39, 0.29) is 11.8 Å². The first kappa shape index (κ1) is 21.7. The highest BCUT2D eigenvalue weighted by Crippen LogP contribution is 2.25. The SMILES string of the molecule is CCNC(=NCc1cccnc1N1CCCC(C(N)=O)C1)N1CCSC(CC)C1. The van der Waals surface area contributed by atoms with Gasteiger partial charge in [0, 0.05) is 55.5 Å². The minimum Gasteiger partial charge on any atom is -0.369 e. The van der Waals surface area contributed by atoms with Crippen LogP contribution in [-0.2, 0) is 11.3 Å². The lowest BCUT2D eigenvalue weighted by Gasteiger charge is -2.34. The number of thioether (sulfide) groups is 1. The number of carbonyl (C=O) groups excluding carboxylic acids is 1. The number of nitrogens with two attached hydrogens (primary N) is 1. The van der Waals surface area contributed by atoms with Crippen LogP contribution < -0.4 is 16.0 Å². The van der Waals surface area contributed by atoms with E-state index in [9.17, 15) is 4.79 Å². The van der Waals surface area contributed by atoms with Gasteiger partial charge in [0.1, 0.15) is 5.82 Å². The van der Waals surface area contributed by atoms with Crippen molar-refractivity contribution in [2.24, 2.45) is 16.6 Å². The lowest BCUT2D eigenvalue weighted by Crippen LogP contribution is -2.48. The first-order chi connectivity index (χ1) is 14.1. The van der Waals surface area contributed by atoms with Crippen LogP contribution >= 0.6 is 11.8 Å². The number of pyridine rings is 1. The summed E-state index contributed by atoms with van der Waals surface area (Å²) < 4.78 is 0. The number of aromatic nitrogens is 1. The van der Waals surface area contributed by atoms with E-state index in [0.29, 0.717) is 18.3 Å². The van der Waals surface area contributed by atoms with E-state index in [1.54, 1.807) is 0 Å². The molecule has 8 heteroatoms. The molecule has 1 amide bonds. The molecule has 1 aromatic rings. The molecule has 3 rings (SSSR count). The predicted octanol–water partition coefficient (Wildman–Crippen LogP) is 2.08. The second kappa shape index (κ2) is 10.7. The number of amides is 1. The molecule has 2 aliphatic rings. The quantitative estimate of drug-likeness (QED) is 0.543. The number of nitrogens with zero attached hydrogens (tertiary/aromatic N) is 4. The molecule has 160 valence electrons. The van der Waals surface area contributed by atoms with Gasteiger partial charge in [0.15, 0.2) is 5.96 Å². The third kappa shape index (κ3) is 5.78. The summed E-state index contributed by atoms with van der Waals surface area (Å²) in [7, 11) is 0. The van der Waals surface area contributed by atoms with Gasteiger partial charge in [-0.25, -0.2) is 9.98 Å². The smallest absolute Gasteiger partial charge is 0.222 e. The van der Waals surface area contributed by atoms with E-state index in [4.69, 9.17) is 10.7 Å². The van der Waals surface area contributed by atoms with Crippen molar-refractivity contribution in [3.63, 3.8) is 0 Å². The molecule has 2 saturated heterocycles. The van der Waals surface area contributed by atoms with E-state index in [1.165, 1.54) is 6.42 Å². The van der Waals surface area contributed by atoms with Crippen LogP contribution in [0.25, 0.3) is 0 Å². The van der Waals surface area contributed by atoms with Gasteiger partial charge in [0.2, 0.25) is 5.91 Å². The molecule has 1 aromatic heterocycles. The molecule has 3 N–H and O–H groups in total. The summed E-state index contributed by atoms with van der Waals surface area (Å²) in [6.45, 7) is 9.40. The van der Waals surface area contributed by atoms with E-state index in [2.05, 4.69) is 51.8 Å². The average molecular weight is 419 g/mol. The normalized spacial score (nSPS) is 23.2. The van der Waals surface area contributed by atoms with Crippen LogP contribution in [0.3, 0.4) is 0 Å². The molecule has 0 aromatic carbocycles. The number of aliphatic imine (C=N–C) groups is 1. The van der Waals surface area contributed by atoms with Crippen LogP contribution in [0, 0.1) is 5.92 Å². The Morgan fingerprint density at radius 1 is 1.38 bits per heavy atom. The number of nitrogens with one attached hydrogen (secondary N) is 1. The van der Waals surface area contributed by atoms with Gasteiger partial charge in [-0.3, -0.25) is 4.79 Å². The maximum absolute atomic E-state index is 11.7. The van der Waals surface area contributed by atoms with Crippen LogP contribution in [0.4, 0.5) is 5.82 Å². The Morgan fingerprint density at radius 3 is 3.00 bits per heavy atom. The minimum absolute atomic E-state index is 0.101. The lowest BCUT2D eigenvalue weighted by molar-refractivity contribution is -0.122. The number of hydrogen-bond donors (Lipinski definition) is 2. The van der Waals surface area contributed by atoms with Crippen molar-refractivity contribution >= 4 is 29.4 Å². The molecule has 0 bridgehead atoms. The van der Waals surface area contributed by atoms with Crippen molar-refractivity contribution in [2.45, 2.75) is 44.9 Å². The van der Waals surface area contributed by atoms with Gasteiger partial charge in [-0.2, -0.15) is 11.8 Å². The number of rotatable bonds is 6. The molecule has 2 aliphatic heterocycles. The number of carbonyl (C=O) groups is 1. The molecule has 2 fully saturated rings. The standard InChI is InChI=1S/C21H34N6OS/c1-3-18-15-27(11-12-29-18)21(23-4-2)25-13-16-7-5-9-24-20(16)26-10-6-8-17(14-26)19(22)28/h5,7,9,17-18H,3-4,6,8,10-15H2,1-2H3,(H2,22,28)(H,23,25). The molecular weight excluding hydrogens is 384 g/mol. The van der Waals surface area contributed by atoms with Crippen LogP contribution in [0.1, 0.15) is 38.7 Å².